The molecular formula is C28H29ClN6O3. The Morgan fingerprint density at radius 2 is 2.08 bits per heavy atom. The number of ether oxygens (including phenoxy) is 1. The molecule has 5 rings (SSSR count). The monoisotopic (exact) mass is 532 g/mol. The molecule has 3 heterocycles. The lowest BCUT2D eigenvalue weighted by Crippen LogP contribution is -2.43. The summed E-state index contributed by atoms with van der Waals surface area (Å²) in [7, 11) is 1.58. The van der Waals surface area contributed by atoms with Gasteiger partial charge < -0.3 is 10.1 Å². The van der Waals surface area contributed by atoms with Gasteiger partial charge in [0.25, 0.3) is 5.91 Å². The molecule has 0 spiro atoms. The van der Waals surface area contributed by atoms with E-state index in [2.05, 4.69) is 21.5 Å². The number of anilines is 1. The van der Waals surface area contributed by atoms with E-state index in [0.29, 0.717) is 34.3 Å². The zero-order valence-corrected chi connectivity index (χ0v) is 22.3. The SMILES string of the molecule is COc1cc(N2CCC(C)C2=O)ncc1C(C)n1cc(C(=O)NC2CC(c3cc(Cl)ccc3C#N)C2)cn1. The van der Waals surface area contributed by atoms with Gasteiger partial charge in [-0.3, -0.25) is 19.2 Å². The molecule has 1 aromatic carbocycles. The van der Waals surface area contributed by atoms with Crippen LogP contribution in [0.1, 0.15) is 72.1 Å². The molecule has 2 unspecified atom stereocenters. The van der Waals surface area contributed by atoms with Crippen LogP contribution in [-0.4, -0.2) is 46.3 Å². The van der Waals surface area contributed by atoms with Crippen molar-refractivity contribution in [3.05, 3.63) is 70.1 Å². The Bertz CT molecular complexity index is 1420. The normalized spacial score (nSPS) is 21.5. The average Bonchev–Trinajstić information content (AvgIpc) is 3.52. The highest BCUT2D eigenvalue weighted by atomic mass is 35.5. The van der Waals surface area contributed by atoms with E-state index in [1.807, 2.05) is 19.9 Å². The van der Waals surface area contributed by atoms with Crippen molar-refractivity contribution < 1.29 is 14.3 Å². The number of methoxy groups -OCH3 is 1. The second-order valence-electron chi connectivity index (χ2n) is 10.0. The third kappa shape index (κ3) is 4.84. The van der Waals surface area contributed by atoms with Crippen molar-refractivity contribution in [1.29, 1.82) is 5.26 Å². The molecule has 3 aromatic rings. The van der Waals surface area contributed by atoms with Gasteiger partial charge in [-0.15, -0.1) is 0 Å². The molecule has 1 aliphatic carbocycles. The summed E-state index contributed by atoms with van der Waals surface area (Å²) in [6.07, 6.45) is 7.27. The molecule has 38 heavy (non-hydrogen) atoms. The molecular weight excluding hydrogens is 504 g/mol. The van der Waals surface area contributed by atoms with Crippen LogP contribution in [0.2, 0.25) is 5.02 Å². The Kier molecular flexibility index (Phi) is 7.09. The van der Waals surface area contributed by atoms with Gasteiger partial charge in [-0.2, -0.15) is 10.4 Å². The molecule has 9 nitrogen and oxygen atoms in total. The molecule has 2 aliphatic rings. The van der Waals surface area contributed by atoms with Gasteiger partial charge in [0.15, 0.2) is 0 Å². The van der Waals surface area contributed by atoms with Crippen molar-refractivity contribution >= 4 is 29.2 Å². The molecule has 1 N–H and O–H groups in total. The van der Waals surface area contributed by atoms with Crippen molar-refractivity contribution in [2.45, 2.75) is 51.1 Å². The highest BCUT2D eigenvalue weighted by Gasteiger charge is 2.34. The highest BCUT2D eigenvalue weighted by Crippen LogP contribution is 2.39. The van der Waals surface area contributed by atoms with Gasteiger partial charge in [0.2, 0.25) is 5.91 Å². The van der Waals surface area contributed by atoms with Crippen LogP contribution in [-0.2, 0) is 4.79 Å². The number of nitrogens with one attached hydrogen (secondary N) is 1. The molecule has 1 saturated carbocycles. The largest absolute Gasteiger partial charge is 0.496 e. The Labute approximate surface area is 226 Å². The summed E-state index contributed by atoms with van der Waals surface area (Å²) in [5.74, 6) is 1.24. The van der Waals surface area contributed by atoms with Gasteiger partial charge in [-0.25, -0.2) is 4.98 Å². The third-order valence-electron chi connectivity index (χ3n) is 7.61. The predicted molar refractivity (Wildman–Crippen MR) is 142 cm³/mol. The number of pyridine rings is 1. The first kappa shape index (κ1) is 25.7. The van der Waals surface area contributed by atoms with Crippen LogP contribution >= 0.6 is 11.6 Å². The van der Waals surface area contributed by atoms with E-state index in [-0.39, 0.29) is 35.7 Å². The Balaban J connectivity index is 1.23. The zero-order valence-electron chi connectivity index (χ0n) is 21.5. The second kappa shape index (κ2) is 10.5. The van der Waals surface area contributed by atoms with Gasteiger partial charge in [-0.05, 0) is 55.9 Å². The second-order valence-corrected chi connectivity index (χ2v) is 10.5. The van der Waals surface area contributed by atoms with E-state index in [4.69, 9.17) is 16.3 Å². The fourth-order valence-electron chi connectivity index (χ4n) is 5.17. The molecule has 0 bridgehead atoms. The van der Waals surface area contributed by atoms with Crippen LogP contribution in [0.3, 0.4) is 0 Å². The van der Waals surface area contributed by atoms with E-state index < -0.39 is 0 Å². The van der Waals surface area contributed by atoms with Gasteiger partial charge in [0, 0.05) is 47.6 Å². The summed E-state index contributed by atoms with van der Waals surface area (Å²) < 4.78 is 7.32. The number of nitrogens with zero attached hydrogens (tertiary/aromatic N) is 5. The minimum atomic E-state index is -0.249. The van der Waals surface area contributed by atoms with E-state index in [1.165, 1.54) is 0 Å². The van der Waals surface area contributed by atoms with Crippen molar-refractivity contribution in [2.24, 2.45) is 5.92 Å². The predicted octanol–water partition coefficient (Wildman–Crippen LogP) is 4.47. The van der Waals surface area contributed by atoms with Gasteiger partial charge in [-0.1, -0.05) is 18.5 Å². The lowest BCUT2D eigenvalue weighted by molar-refractivity contribution is -0.119. The minimum Gasteiger partial charge on any atom is -0.496 e. The van der Waals surface area contributed by atoms with Crippen LogP contribution in [0.15, 0.2) is 42.9 Å². The number of nitriles is 1. The number of hydrogen-bond donors (Lipinski definition) is 1. The zero-order chi connectivity index (χ0) is 27.0. The molecule has 10 heteroatoms. The number of hydrogen-bond acceptors (Lipinski definition) is 6. The fourth-order valence-corrected chi connectivity index (χ4v) is 5.35. The maximum absolute atomic E-state index is 12.9. The van der Waals surface area contributed by atoms with Gasteiger partial charge in [0.1, 0.15) is 11.6 Å². The first-order valence-electron chi connectivity index (χ1n) is 12.7. The first-order chi connectivity index (χ1) is 18.3. The van der Waals surface area contributed by atoms with Crippen molar-refractivity contribution in [3.8, 4) is 11.8 Å². The topological polar surface area (TPSA) is 113 Å². The number of carbonyl (C=O) groups is 2. The van der Waals surface area contributed by atoms with Crippen LogP contribution in [0.25, 0.3) is 0 Å². The molecule has 1 aliphatic heterocycles. The summed E-state index contributed by atoms with van der Waals surface area (Å²) in [5.41, 5.74) is 2.81. The number of aromatic nitrogens is 3. The molecule has 2 atom stereocenters. The van der Waals surface area contributed by atoms with Crippen LogP contribution in [0, 0.1) is 17.2 Å². The third-order valence-corrected chi connectivity index (χ3v) is 7.84. The Hall–Kier alpha value is -3.90. The smallest absolute Gasteiger partial charge is 0.254 e. The molecule has 1 saturated heterocycles. The van der Waals surface area contributed by atoms with Crippen LogP contribution in [0.4, 0.5) is 5.82 Å². The molecule has 0 radical (unpaired) electrons. The number of amides is 2. The summed E-state index contributed by atoms with van der Waals surface area (Å²) in [6, 6.07) is 9.07. The van der Waals surface area contributed by atoms with Crippen LogP contribution in [0.5, 0.6) is 5.75 Å². The average molecular weight is 533 g/mol. The molecule has 196 valence electrons. The van der Waals surface area contributed by atoms with Gasteiger partial charge in [0.05, 0.1) is 36.5 Å². The molecule has 2 fully saturated rings. The number of rotatable bonds is 7. The number of benzene rings is 1. The van der Waals surface area contributed by atoms with Crippen molar-refractivity contribution in [1.82, 2.24) is 20.1 Å². The summed E-state index contributed by atoms with van der Waals surface area (Å²) in [6.45, 7) is 4.52. The lowest BCUT2D eigenvalue weighted by Gasteiger charge is -2.36. The summed E-state index contributed by atoms with van der Waals surface area (Å²) in [4.78, 5) is 31.5. The van der Waals surface area contributed by atoms with E-state index >= 15 is 0 Å². The maximum Gasteiger partial charge on any atom is 0.254 e. The van der Waals surface area contributed by atoms with Crippen molar-refractivity contribution in [3.63, 3.8) is 0 Å². The lowest BCUT2D eigenvalue weighted by atomic mass is 9.74. The quantitative estimate of drug-likeness (QED) is 0.480. The summed E-state index contributed by atoms with van der Waals surface area (Å²) in [5, 5.41) is 17.5. The van der Waals surface area contributed by atoms with Gasteiger partial charge >= 0.3 is 0 Å². The van der Waals surface area contributed by atoms with E-state index in [9.17, 15) is 14.9 Å². The maximum atomic E-state index is 12.9. The molecule has 2 aromatic heterocycles. The minimum absolute atomic E-state index is 0.00675. The summed E-state index contributed by atoms with van der Waals surface area (Å²) >= 11 is 6.12. The Morgan fingerprint density at radius 1 is 1.29 bits per heavy atom. The highest BCUT2D eigenvalue weighted by molar-refractivity contribution is 6.30. The standard InChI is InChI=1S/C28H29ClN6O3/c1-16-6-7-34(28(16)37)26-11-25(38-3)24(14-31-26)17(2)35-15-20(13-32-35)27(36)33-22-8-19(9-22)23-10-21(29)5-4-18(23)12-30/h4-5,10-11,13-17,19,22H,6-9H2,1-3H3,(H,33,36). The molecule has 2 amide bonds. The fraction of sp³-hybridized carbons (Fsp3) is 0.393. The van der Waals surface area contributed by atoms with Crippen molar-refractivity contribution in [2.75, 3.05) is 18.6 Å². The van der Waals surface area contributed by atoms with Crippen LogP contribution < -0.4 is 15.0 Å². The van der Waals surface area contributed by atoms with E-state index in [1.54, 1.807) is 53.5 Å². The number of halogens is 1. The Morgan fingerprint density at radius 3 is 2.76 bits per heavy atom. The number of carbonyl (C=O) groups excluding carboxylic acids is 2. The first-order valence-corrected chi connectivity index (χ1v) is 13.1. The van der Waals surface area contributed by atoms with E-state index in [0.717, 1.165) is 30.4 Å².